The Kier molecular flexibility index (Phi) is 6.16. The van der Waals surface area contributed by atoms with E-state index in [1.807, 2.05) is 18.2 Å². The van der Waals surface area contributed by atoms with Crippen LogP contribution in [-0.2, 0) is 0 Å². The highest BCUT2D eigenvalue weighted by atomic mass is 79.9. The quantitative estimate of drug-likeness (QED) is 0.833. The first-order valence-corrected chi connectivity index (χ1v) is 7.29. The van der Waals surface area contributed by atoms with Gasteiger partial charge < -0.3 is 9.84 Å². The SMILES string of the molecule is CC(C)CC(C)COc1cc(Br)ccc1[C@@H](C)O. The molecule has 1 rings (SSSR count). The molecule has 0 amide bonds. The van der Waals surface area contributed by atoms with E-state index < -0.39 is 6.10 Å². The van der Waals surface area contributed by atoms with Crippen molar-refractivity contribution in [2.24, 2.45) is 11.8 Å². The number of benzene rings is 1. The molecule has 0 saturated carbocycles. The van der Waals surface area contributed by atoms with E-state index in [1.165, 1.54) is 0 Å². The molecular weight excluding hydrogens is 292 g/mol. The summed E-state index contributed by atoms with van der Waals surface area (Å²) in [6, 6.07) is 5.74. The molecule has 0 fully saturated rings. The normalized spacial score (nSPS) is 14.6. The van der Waals surface area contributed by atoms with Gasteiger partial charge in [-0.15, -0.1) is 0 Å². The third kappa shape index (κ3) is 4.99. The molecule has 1 N–H and O–H groups in total. The van der Waals surface area contributed by atoms with E-state index >= 15 is 0 Å². The Morgan fingerprint density at radius 1 is 1.22 bits per heavy atom. The van der Waals surface area contributed by atoms with Crippen LogP contribution >= 0.6 is 15.9 Å². The van der Waals surface area contributed by atoms with E-state index in [2.05, 4.69) is 36.7 Å². The minimum atomic E-state index is -0.506. The van der Waals surface area contributed by atoms with Crippen LogP contribution in [0.4, 0.5) is 0 Å². The summed E-state index contributed by atoms with van der Waals surface area (Å²) in [5.41, 5.74) is 0.843. The lowest BCUT2D eigenvalue weighted by Crippen LogP contribution is -2.12. The fourth-order valence-corrected chi connectivity index (χ4v) is 2.42. The highest BCUT2D eigenvalue weighted by Crippen LogP contribution is 2.29. The van der Waals surface area contributed by atoms with Gasteiger partial charge in [0.2, 0.25) is 0 Å². The van der Waals surface area contributed by atoms with Gasteiger partial charge in [0, 0.05) is 10.0 Å². The maximum atomic E-state index is 9.71. The molecule has 1 aromatic carbocycles. The molecule has 0 aliphatic carbocycles. The molecule has 18 heavy (non-hydrogen) atoms. The number of hydrogen-bond donors (Lipinski definition) is 1. The average Bonchev–Trinajstić information content (AvgIpc) is 2.25. The zero-order chi connectivity index (χ0) is 13.7. The summed E-state index contributed by atoms with van der Waals surface area (Å²) >= 11 is 3.43. The number of halogens is 1. The molecule has 2 nitrogen and oxygen atoms in total. The summed E-state index contributed by atoms with van der Waals surface area (Å²) in [4.78, 5) is 0. The van der Waals surface area contributed by atoms with Crippen molar-refractivity contribution in [3.63, 3.8) is 0 Å². The number of rotatable bonds is 6. The lowest BCUT2D eigenvalue weighted by Gasteiger charge is -2.18. The molecule has 3 heteroatoms. The molecule has 0 radical (unpaired) electrons. The second-order valence-electron chi connectivity index (χ2n) is 5.40. The van der Waals surface area contributed by atoms with Crippen LogP contribution in [0.3, 0.4) is 0 Å². The van der Waals surface area contributed by atoms with Crippen LogP contribution in [0.25, 0.3) is 0 Å². The number of hydrogen-bond acceptors (Lipinski definition) is 2. The van der Waals surface area contributed by atoms with Crippen molar-refractivity contribution in [2.75, 3.05) is 6.61 Å². The summed E-state index contributed by atoms with van der Waals surface area (Å²) in [5.74, 6) is 1.98. The van der Waals surface area contributed by atoms with E-state index in [0.29, 0.717) is 18.4 Å². The van der Waals surface area contributed by atoms with Crippen LogP contribution in [0.1, 0.15) is 45.8 Å². The lowest BCUT2D eigenvalue weighted by atomic mass is 10.00. The van der Waals surface area contributed by atoms with E-state index in [0.717, 1.165) is 22.2 Å². The van der Waals surface area contributed by atoms with Crippen molar-refractivity contribution in [1.29, 1.82) is 0 Å². The molecule has 0 aliphatic rings. The Labute approximate surface area is 118 Å². The van der Waals surface area contributed by atoms with Gasteiger partial charge >= 0.3 is 0 Å². The predicted molar refractivity (Wildman–Crippen MR) is 78.9 cm³/mol. The van der Waals surface area contributed by atoms with Crippen LogP contribution in [0.2, 0.25) is 0 Å². The van der Waals surface area contributed by atoms with Gasteiger partial charge in [-0.2, -0.15) is 0 Å². The lowest BCUT2D eigenvalue weighted by molar-refractivity contribution is 0.184. The molecule has 2 atom stereocenters. The van der Waals surface area contributed by atoms with Crippen LogP contribution in [0, 0.1) is 11.8 Å². The number of aliphatic hydroxyl groups excluding tert-OH is 1. The third-order valence-electron chi connectivity index (χ3n) is 2.82. The van der Waals surface area contributed by atoms with Gasteiger partial charge in [-0.05, 0) is 37.3 Å². The zero-order valence-electron chi connectivity index (χ0n) is 11.6. The minimum absolute atomic E-state index is 0.506. The van der Waals surface area contributed by atoms with E-state index in [9.17, 15) is 5.11 Å². The maximum absolute atomic E-state index is 9.71. The molecule has 0 bridgehead atoms. The van der Waals surface area contributed by atoms with Crippen LogP contribution in [-0.4, -0.2) is 11.7 Å². The van der Waals surface area contributed by atoms with Crippen LogP contribution < -0.4 is 4.74 Å². The molecular formula is C15H23BrO2. The molecule has 0 aromatic heterocycles. The van der Waals surface area contributed by atoms with Crippen molar-refractivity contribution in [2.45, 2.75) is 40.2 Å². The summed E-state index contributed by atoms with van der Waals surface area (Å²) in [6.45, 7) is 9.08. The standard InChI is InChI=1S/C15H23BrO2/c1-10(2)7-11(3)9-18-15-8-13(16)5-6-14(15)12(4)17/h5-6,8,10-12,17H,7,9H2,1-4H3/t11?,12-/m1/s1. The third-order valence-corrected chi connectivity index (χ3v) is 3.32. The van der Waals surface area contributed by atoms with Gasteiger partial charge in [0.15, 0.2) is 0 Å². The first-order chi connectivity index (χ1) is 8.40. The number of ether oxygens (including phenoxy) is 1. The van der Waals surface area contributed by atoms with Gasteiger partial charge in [-0.1, -0.05) is 42.8 Å². The molecule has 0 heterocycles. The van der Waals surface area contributed by atoms with Crippen molar-refractivity contribution >= 4 is 15.9 Å². The maximum Gasteiger partial charge on any atom is 0.126 e. The van der Waals surface area contributed by atoms with Crippen molar-refractivity contribution in [3.05, 3.63) is 28.2 Å². The predicted octanol–water partition coefficient (Wildman–Crippen LogP) is 4.56. The van der Waals surface area contributed by atoms with Crippen molar-refractivity contribution in [1.82, 2.24) is 0 Å². The largest absolute Gasteiger partial charge is 0.493 e. The Balaban J connectivity index is 2.68. The summed E-state index contributed by atoms with van der Waals surface area (Å²) < 4.78 is 6.82. The van der Waals surface area contributed by atoms with Gasteiger partial charge in [0.1, 0.15) is 5.75 Å². The van der Waals surface area contributed by atoms with E-state index in [1.54, 1.807) is 6.92 Å². The molecule has 1 unspecified atom stereocenters. The van der Waals surface area contributed by atoms with E-state index in [4.69, 9.17) is 4.74 Å². The highest BCUT2D eigenvalue weighted by molar-refractivity contribution is 9.10. The van der Waals surface area contributed by atoms with Gasteiger partial charge in [0.05, 0.1) is 12.7 Å². The monoisotopic (exact) mass is 314 g/mol. The highest BCUT2D eigenvalue weighted by Gasteiger charge is 2.12. The molecule has 0 aliphatic heterocycles. The zero-order valence-corrected chi connectivity index (χ0v) is 13.2. The summed E-state index contributed by atoms with van der Waals surface area (Å²) in [7, 11) is 0. The smallest absolute Gasteiger partial charge is 0.126 e. The fraction of sp³-hybridized carbons (Fsp3) is 0.600. The van der Waals surface area contributed by atoms with Crippen molar-refractivity contribution in [3.8, 4) is 5.75 Å². The Hall–Kier alpha value is -0.540. The second kappa shape index (κ2) is 7.15. The molecule has 102 valence electrons. The number of aliphatic hydroxyl groups is 1. The van der Waals surface area contributed by atoms with Gasteiger partial charge in [-0.3, -0.25) is 0 Å². The van der Waals surface area contributed by atoms with Gasteiger partial charge in [0.25, 0.3) is 0 Å². The Bertz CT molecular complexity index is 375. The summed E-state index contributed by atoms with van der Waals surface area (Å²) in [6.07, 6.45) is 0.645. The molecule has 1 aromatic rings. The molecule has 0 spiro atoms. The van der Waals surface area contributed by atoms with E-state index in [-0.39, 0.29) is 0 Å². The van der Waals surface area contributed by atoms with Crippen molar-refractivity contribution < 1.29 is 9.84 Å². The Morgan fingerprint density at radius 2 is 1.89 bits per heavy atom. The first-order valence-electron chi connectivity index (χ1n) is 6.50. The minimum Gasteiger partial charge on any atom is -0.493 e. The Morgan fingerprint density at radius 3 is 2.44 bits per heavy atom. The molecule has 0 saturated heterocycles. The first kappa shape index (κ1) is 15.5. The topological polar surface area (TPSA) is 29.5 Å². The second-order valence-corrected chi connectivity index (χ2v) is 6.32. The van der Waals surface area contributed by atoms with Crippen LogP contribution in [0.15, 0.2) is 22.7 Å². The summed E-state index contributed by atoms with van der Waals surface area (Å²) in [5, 5.41) is 9.71. The fourth-order valence-electron chi connectivity index (χ4n) is 2.08. The van der Waals surface area contributed by atoms with Crippen LogP contribution in [0.5, 0.6) is 5.75 Å². The average molecular weight is 315 g/mol. The van der Waals surface area contributed by atoms with Gasteiger partial charge in [-0.25, -0.2) is 0 Å².